The molecule has 5 heterocycles. The number of amides is 1. The summed E-state index contributed by atoms with van der Waals surface area (Å²) in [6, 6.07) is 5.76. The van der Waals surface area contributed by atoms with Crippen molar-refractivity contribution in [1.29, 1.82) is 0 Å². The monoisotopic (exact) mass is 507 g/mol. The molecule has 2 fully saturated rings. The summed E-state index contributed by atoms with van der Waals surface area (Å²) >= 11 is 0. The zero-order valence-electron chi connectivity index (χ0n) is 21.8. The highest BCUT2D eigenvalue weighted by molar-refractivity contribution is 5.98. The number of nitrogens with one attached hydrogen (secondary N) is 3. The van der Waals surface area contributed by atoms with E-state index in [1.165, 1.54) is 13.3 Å². The van der Waals surface area contributed by atoms with Crippen LogP contribution in [0, 0.1) is 6.92 Å². The van der Waals surface area contributed by atoms with Crippen LogP contribution in [0.5, 0.6) is 0 Å². The Hall–Kier alpha value is -3.89. The van der Waals surface area contributed by atoms with Crippen LogP contribution in [-0.4, -0.2) is 68.0 Å². The van der Waals surface area contributed by atoms with Crippen LogP contribution in [0.15, 0.2) is 24.4 Å². The summed E-state index contributed by atoms with van der Waals surface area (Å²) in [5, 5.41) is 14.7. The number of H-pyrrole nitrogens is 1. The van der Waals surface area contributed by atoms with Gasteiger partial charge in [0.1, 0.15) is 17.2 Å². The number of carbonyl (C=O) groups excluding carboxylic acids is 2. The first-order valence-corrected chi connectivity index (χ1v) is 12.6. The van der Waals surface area contributed by atoms with Crippen LogP contribution < -0.4 is 10.6 Å². The number of rotatable bonds is 5. The highest BCUT2D eigenvalue weighted by atomic mass is 16.6. The Morgan fingerprint density at radius 3 is 2.46 bits per heavy atom. The molecule has 2 bridgehead atoms. The number of ether oxygens (including phenoxy) is 2. The number of pyridine rings is 2. The molecule has 2 saturated heterocycles. The average Bonchev–Trinajstić information content (AvgIpc) is 3.36. The van der Waals surface area contributed by atoms with E-state index < -0.39 is 11.6 Å². The number of anilines is 3. The van der Waals surface area contributed by atoms with Crippen LogP contribution in [0.4, 0.5) is 22.2 Å². The van der Waals surface area contributed by atoms with Gasteiger partial charge in [0, 0.05) is 47.5 Å². The molecule has 3 aromatic rings. The number of aryl methyl sites for hydroxylation is 1. The van der Waals surface area contributed by atoms with Crippen molar-refractivity contribution in [2.75, 3.05) is 17.7 Å². The predicted molar refractivity (Wildman–Crippen MR) is 139 cm³/mol. The minimum atomic E-state index is -0.529. The molecule has 0 spiro atoms. The first kappa shape index (κ1) is 24.8. The summed E-state index contributed by atoms with van der Waals surface area (Å²) < 4.78 is 10.6. The highest BCUT2D eigenvalue weighted by Gasteiger charge is 2.45. The largest absolute Gasteiger partial charge is 0.465 e. The molecule has 11 nitrogen and oxygen atoms in total. The molecule has 2 aliphatic heterocycles. The molecule has 0 aromatic carbocycles. The third-order valence-electron chi connectivity index (χ3n) is 6.74. The summed E-state index contributed by atoms with van der Waals surface area (Å²) in [7, 11) is 1.34. The molecule has 2 atom stereocenters. The van der Waals surface area contributed by atoms with Gasteiger partial charge in [0.2, 0.25) is 0 Å². The zero-order valence-corrected chi connectivity index (χ0v) is 21.8. The second-order valence-electron chi connectivity index (χ2n) is 10.8. The smallest absolute Gasteiger partial charge is 0.410 e. The van der Waals surface area contributed by atoms with E-state index in [9.17, 15) is 9.59 Å². The molecule has 0 aliphatic carbocycles. The zero-order chi connectivity index (χ0) is 26.3. The van der Waals surface area contributed by atoms with E-state index in [1.54, 1.807) is 6.07 Å². The maximum Gasteiger partial charge on any atom is 0.410 e. The van der Waals surface area contributed by atoms with Crippen molar-refractivity contribution >= 4 is 40.4 Å². The number of carbonyl (C=O) groups is 2. The fourth-order valence-electron chi connectivity index (χ4n) is 5.24. The number of aromatic amines is 1. The number of hydrogen-bond donors (Lipinski definition) is 3. The Morgan fingerprint density at radius 1 is 1.11 bits per heavy atom. The number of methoxy groups -OCH3 is 1. The Kier molecular flexibility index (Phi) is 6.38. The normalized spacial score (nSPS) is 21.1. The number of aromatic nitrogens is 4. The minimum Gasteiger partial charge on any atom is -0.465 e. The van der Waals surface area contributed by atoms with Crippen LogP contribution in [0.1, 0.15) is 62.5 Å². The summed E-state index contributed by atoms with van der Waals surface area (Å²) in [6.07, 6.45) is 4.71. The minimum absolute atomic E-state index is 0.0940. The fourth-order valence-corrected chi connectivity index (χ4v) is 5.24. The van der Waals surface area contributed by atoms with Gasteiger partial charge < -0.3 is 25.0 Å². The van der Waals surface area contributed by atoms with Crippen LogP contribution in [-0.2, 0) is 9.47 Å². The van der Waals surface area contributed by atoms with Crippen molar-refractivity contribution in [1.82, 2.24) is 25.1 Å². The lowest BCUT2D eigenvalue weighted by molar-refractivity contribution is 0.00681. The van der Waals surface area contributed by atoms with E-state index in [1.807, 2.05) is 44.7 Å². The lowest BCUT2D eigenvalue weighted by Gasteiger charge is -2.39. The molecule has 0 radical (unpaired) electrons. The van der Waals surface area contributed by atoms with Gasteiger partial charge in [-0.05, 0) is 59.4 Å². The summed E-state index contributed by atoms with van der Waals surface area (Å²) in [5.74, 6) is 1.37. The first-order chi connectivity index (χ1) is 17.6. The van der Waals surface area contributed by atoms with E-state index in [2.05, 4.69) is 25.8 Å². The number of esters is 1. The maximum atomic E-state index is 12.9. The van der Waals surface area contributed by atoms with Crippen molar-refractivity contribution in [2.45, 2.75) is 77.1 Å². The molecule has 3 aromatic heterocycles. The Morgan fingerprint density at radius 2 is 1.84 bits per heavy atom. The van der Waals surface area contributed by atoms with Gasteiger partial charge in [-0.3, -0.25) is 10.1 Å². The standard InChI is InChI=1S/C26H33N7O4/c1-14-8-22(32-31-14)29-21-12-20-19(9-15(13-27-20)24(34)36-5)23(30-21)28-16-10-17-6-7-18(11-16)33(17)25(35)37-26(2,3)4/h8-9,12-13,16-18H,6-7,10-11H2,1-5H3,(H3,28,29,30,31,32). The molecule has 196 valence electrons. The second-order valence-corrected chi connectivity index (χ2v) is 10.8. The highest BCUT2D eigenvalue weighted by Crippen LogP contribution is 2.38. The summed E-state index contributed by atoms with van der Waals surface area (Å²) in [4.78, 5) is 36.3. The summed E-state index contributed by atoms with van der Waals surface area (Å²) in [6.45, 7) is 7.59. The van der Waals surface area contributed by atoms with Crippen molar-refractivity contribution in [3.05, 3.63) is 35.7 Å². The number of fused-ring (bicyclic) bond motifs is 3. The van der Waals surface area contributed by atoms with Crippen LogP contribution in [0.2, 0.25) is 0 Å². The molecule has 2 unspecified atom stereocenters. The molecule has 5 rings (SSSR count). The topological polar surface area (TPSA) is 134 Å². The van der Waals surface area contributed by atoms with Crippen LogP contribution in [0.3, 0.4) is 0 Å². The average molecular weight is 508 g/mol. The molecule has 3 N–H and O–H groups in total. The Bertz CT molecular complexity index is 1320. The van der Waals surface area contributed by atoms with Crippen LogP contribution >= 0.6 is 0 Å². The molecule has 11 heteroatoms. The van der Waals surface area contributed by atoms with Gasteiger partial charge in [-0.15, -0.1) is 0 Å². The molecular formula is C26H33N7O4. The maximum absolute atomic E-state index is 12.9. The van der Waals surface area contributed by atoms with Crippen molar-refractivity contribution in [3.63, 3.8) is 0 Å². The van der Waals surface area contributed by atoms with Gasteiger partial charge in [-0.2, -0.15) is 5.10 Å². The third kappa shape index (κ3) is 5.30. The van der Waals surface area contributed by atoms with Gasteiger partial charge in [0.15, 0.2) is 5.82 Å². The molecule has 1 amide bonds. The van der Waals surface area contributed by atoms with Crippen molar-refractivity contribution < 1.29 is 19.1 Å². The second kappa shape index (κ2) is 9.53. The molecule has 0 saturated carbocycles. The van der Waals surface area contributed by atoms with Gasteiger partial charge in [-0.1, -0.05) is 0 Å². The quantitative estimate of drug-likeness (QED) is 0.426. The van der Waals surface area contributed by atoms with Crippen molar-refractivity contribution in [3.8, 4) is 0 Å². The number of nitrogens with zero attached hydrogens (tertiary/aromatic N) is 4. The van der Waals surface area contributed by atoms with E-state index >= 15 is 0 Å². The van der Waals surface area contributed by atoms with Crippen molar-refractivity contribution in [2.24, 2.45) is 0 Å². The Balaban J connectivity index is 1.42. The number of hydrogen-bond acceptors (Lipinski definition) is 9. The van der Waals surface area contributed by atoms with Gasteiger partial charge in [-0.25, -0.2) is 14.6 Å². The van der Waals surface area contributed by atoms with Gasteiger partial charge in [0.05, 0.1) is 18.2 Å². The molecule has 2 aliphatic rings. The lowest BCUT2D eigenvalue weighted by Crippen LogP contribution is -2.51. The van der Waals surface area contributed by atoms with E-state index in [-0.39, 0.29) is 24.2 Å². The van der Waals surface area contributed by atoms with E-state index in [0.717, 1.165) is 31.4 Å². The van der Waals surface area contributed by atoms with Gasteiger partial charge >= 0.3 is 12.1 Å². The third-order valence-corrected chi connectivity index (χ3v) is 6.74. The van der Waals surface area contributed by atoms with E-state index in [0.29, 0.717) is 33.9 Å². The fraction of sp³-hybridized carbons (Fsp3) is 0.500. The number of piperidine rings is 1. The molecular weight excluding hydrogens is 474 g/mol. The Labute approximate surface area is 215 Å². The predicted octanol–water partition coefficient (Wildman–Crippen LogP) is 4.53. The van der Waals surface area contributed by atoms with Gasteiger partial charge in [0.25, 0.3) is 0 Å². The first-order valence-electron chi connectivity index (χ1n) is 12.6. The lowest BCUT2D eigenvalue weighted by atomic mass is 9.97. The van der Waals surface area contributed by atoms with E-state index in [4.69, 9.17) is 14.5 Å². The SMILES string of the molecule is COC(=O)c1cnc2cc(Nc3cc(C)[nH]n3)nc(NC3CC4CCC(C3)N4C(=O)OC(C)(C)C)c2c1. The molecule has 37 heavy (non-hydrogen) atoms. The summed E-state index contributed by atoms with van der Waals surface area (Å²) in [5.41, 5.74) is 1.42. The van der Waals surface area contributed by atoms with Crippen LogP contribution in [0.25, 0.3) is 10.9 Å².